The lowest BCUT2D eigenvalue weighted by Gasteiger charge is -2.30. The fraction of sp³-hybridized carbons (Fsp3) is 0.476. The van der Waals surface area contributed by atoms with Gasteiger partial charge in [-0.15, -0.1) is 0 Å². The van der Waals surface area contributed by atoms with Crippen LogP contribution >= 0.6 is 0 Å². The average Bonchev–Trinajstić information content (AvgIpc) is 3.18. The van der Waals surface area contributed by atoms with Gasteiger partial charge in [0.25, 0.3) is 11.4 Å². The van der Waals surface area contributed by atoms with Crippen molar-refractivity contribution in [3.8, 4) is 17.1 Å². The third kappa shape index (κ3) is 4.03. The van der Waals surface area contributed by atoms with E-state index in [9.17, 15) is 18.0 Å². The van der Waals surface area contributed by atoms with Crippen LogP contribution in [0.15, 0.2) is 23.1 Å². The maximum absolute atomic E-state index is 15.6. The molecule has 1 N–H and O–H groups in total. The van der Waals surface area contributed by atoms with Crippen LogP contribution in [0.25, 0.3) is 22.3 Å². The zero-order chi connectivity index (χ0) is 26.6. The van der Waals surface area contributed by atoms with Crippen molar-refractivity contribution in [1.82, 2.24) is 19.5 Å². The first-order valence-corrected chi connectivity index (χ1v) is 9.62. The monoisotopic (exact) mass is 443 g/mol. The summed E-state index contributed by atoms with van der Waals surface area (Å²) >= 11 is 0. The number of aryl methyl sites for hydroxylation is 2. The van der Waals surface area contributed by atoms with E-state index in [1.165, 1.54) is 19.2 Å². The molecule has 0 amide bonds. The second-order valence-electron chi connectivity index (χ2n) is 7.46. The molecule has 0 bridgehead atoms. The fourth-order valence-electron chi connectivity index (χ4n) is 3.89. The number of ether oxygens (including phenoxy) is 1. The van der Waals surface area contributed by atoms with Gasteiger partial charge in [-0.2, -0.15) is 22.5 Å². The lowest BCUT2D eigenvalue weighted by Crippen LogP contribution is -2.32. The lowest BCUT2D eigenvalue weighted by atomic mass is 9.87. The Morgan fingerprint density at radius 1 is 1.29 bits per heavy atom. The number of fused-ring (bicyclic) bond motifs is 1. The Bertz CT molecular complexity index is 1350. The van der Waals surface area contributed by atoms with Gasteiger partial charge in [-0.1, -0.05) is 0 Å². The number of hydrogen-bond donors (Lipinski definition) is 1. The SMILES string of the molecule is [2H]C([2H])([2H])C([2H])([2H])n1c(=O)ccc2[nH]cc(-c3nc(C)nc(OC4CCC(C(F)(F)F)CC4)c3F)c21. The second kappa shape index (κ2) is 7.97. The lowest BCUT2D eigenvalue weighted by molar-refractivity contribution is -0.185. The van der Waals surface area contributed by atoms with Gasteiger partial charge in [0.05, 0.1) is 17.0 Å². The van der Waals surface area contributed by atoms with E-state index in [0.717, 1.165) is 6.07 Å². The molecule has 0 spiro atoms. The zero-order valence-electron chi connectivity index (χ0n) is 21.4. The number of aromatic amines is 1. The van der Waals surface area contributed by atoms with E-state index in [0.29, 0.717) is 4.57 Å². The van der Waals surface area contributed by atoms with Crippen LogP contribution in [0.1, 0.15) is 45.2 Å². The normalized spacial score (nSPS) is 22.9. The molecule has 0 unspecified atom stereocenters. The van der Waals surface area contributed by atoms with Crippen molar-refractivity contribution >= 4 is 11.0 Å². The molecule has 0 radical (unpaired) electrons. The summed E-state index contributed by atoms with van der Waals surface area (Å²) in [5.74, 6) is -2.97. The Morgan fingerprint density at radius 3 is 2.71 bits per heavy atom. The molecule has 0 saturated heterocycles. The number of nitrogens with one attached hydrogen (secondary N) is 1. The Balaban J connectivity index is 1.77. The summed E-state index contributed by atoms with van der Waals surface area (Å²) in [6.45, 7) is -4.95. The molecule has 10 heteroatoms. The van der Waals surface area contributed by atoms with Gasteiger partial charge < -0.3 is 14.3 Å². The van der Waals surface area contributed by atoms with Gasteiger partial charge in [-0.3, -0.25) is 4.79 Å². The summed E-state index contributed by atoms with van der Waals surface area (Å²) in [6.07, 6.45) is -3.98. The van der Waals surface area contributed by atoms with E-state index in [4.69, 9.17) is 11.6 Å². The minimum atomic E-state index is -4.31. The first-order chi connectivity index (χ1) is 16.6. The van der Waals surface area contributed by atoms with Crippen molar-refractivity contribution in [3.63, 3.8) is 0 Å². The molecule has 3 heterocycles. The molecule has 0 aromatic carbocycles. The molecule has 3 aromatic heterocycles. The topological polar surface area (TPSA) is 72.8 Å². The van der Waals surface area contributed by atoms with E-state index >= 15 is 4.39 Å². The van der Waals surface area contributed by atoms with Crippen LogP contribution < -0.4 is 10.3 Å². The third-order valence-corrected chi connectivity index (χ3v) is 5.43. The molecule has 1 saturated carbocycles. The largest absolute Gasteiger partial charge is 0.472 e. The molecule has 31 heavy (non-hydrogen) atoms. The van der Waals surface area contributed by atoms with Crippen LogP contribution in [0.5, 0.6) is 5.88 Å². The van der Waals surface area contributed by atoms with Gasteiger partial charge >= 0.3 is 6.18 Å². The van der Waals surface area contributed by atoms with Gasteiger partial charge in [0, 0.05) is 31.2 Å². The summed E-state index contributed by atoms with van der Waals surface area (Å²) in [4.78, 5) is 23.4. The number of aromatic nitrogens is 4. The highest BCUT2D eigenvalue weighted by Crippen LogP contribution is 2.39. The van der Waals surface area contributed by atoms with Crippen LogP contribution in [-0.2, 0) is 6.50 Å². The zero-order valence-corrected chi connectivity index (χ0v) is 16.4. The van der Waals surface area contributed by atoms with Crippen LogP contribution in [0.3, 0.4) is 0 Å². The highest BCUT2D eigenvalue weighted by atomic mass is 19.4. The van der Waals surface area contributed by atoms with Crippen molar-refractivity contribution in [2.24, 2.45) is 5.92 Å². The van der Waals surface area contributed by atoms with Gasteiger partial charge in [0.15, 0.2) is 0 Å². The highest BCUT2D eigenvalue weighted by molar-refractivity contribution is 5.92. The van der Waals surface area contributed by atoms with E-state index in [-0.39, 0.29) is 53.8 Å². The summed E-state index contributed by atoms with van der Waals surface area (Å²) in [6, 6.07) is 2.29. The van der Waals surface area contributed by atoms with Crippen molar-refractivity contribution in [2.45, 2.75) is 58.2 Å². The second-order valence-corrected chi connectivity index (χ2v) is 7.46. The highest BCUT2D eigenvalue weighted by Gasteiger charge is 2.42. The van der Waals surface area contributed by atoms with Crippen LogP contribution in [0, 0.1) is 18.7 Å². The Morgan fingerprint density at radius 2 is 2.03 bits per heavy atom. The maximum atomic E-state index is 15.6. The molecule has 1 fully saturated rings. The average molecular weight is 443 g/mol. The summed E-state index contributed by atoms with van der Waals surface area (Å²) < 4.78 is 99.5. The minimum Gasteiger partial charge on any atom is -0.472 e. The van der Waals surface area contributed by atoms with Crippen molar-refractivity contribution < 1.29 is 29.2 Å². The molecule has 0 aliphatic heterocycles. The molecule has 0 atom stereocenters. The summed E-state index contributed by atoms with van der Waals surface area (Å²) in [5, 5.41) is 0. The molecule has 1 aliphatic carbocycles. The predicted octanol–water partition coefficient (Wildman–Crippen LogP) is 4.75. The van der Waals surface area contributed by atoms with Gasteiger partial charge in [-0.05, 0) is 45.5 Å². The first kappa shape index (κ1) is 15.8. The first-order valence-electron chi connectivity index (χ1n) is 12.1. The van der Waals surface area contributed by atoms with Gasteiger partial charge in [0.2, 0.25) is 5.82 Å². The van der Waals surface area contributed by atoms with Crippen molar-refractivity contribution in [1.29, 1.82) is 0 Å². The third-order valence-electron chi connectivity index (χ3n) is 5.43. The van der Waals surface area contributed by atoms with Crippen LogP contribution in [0.4, 0.5) is 17.6 Å². The summed E-state index contributed by atoms with van der Waals surface area (Å²) in [7, 11) is 0. The van der Waals surface area contributed by atoms with Crippen LogP contribution in [-0.4, -0.2) is 31.8 Å². The van der Waals surface area contributed by atoms with E-state index in [1.807, 2.05) is 0 Å². The molecule has 4 rings (SSSR count). The molecule has 1 aliphatic rings. The van der Waals surface area contributed by atoms with Crippen molar-refractivity contribution in [3.05, 3.63) is 40.3 Å². The Kier molecular flexibility index (Phi) is 4.07. The number of nitrogens with zero attached hydrogens (tertiary/aromatic N) is 3. The maximum Gasteiger partial charge on any atom is 0.391 e. The number of rotatable bonds is 4. The van der Waals surface area contributed by atoms with Crippen molar-refractivity contribution in [2.75, 3.05) is 0 Å². The quantitative estimate of drug-likeness (QED) is 0.591. The molecular weight excluding hydrogens is 416 g/mol. The number of hydrogen-bond acceptors (Lipinski definition) is 4. The van der Waals surface area contributed by atoms with E-state index in [2.05, 4.69) is 15.0 Å². The number of pyridine rings is 1. The molecule has 166 valence electrons. The summed E-state index contributed by atoms with van der Waals surface area (Å²) in [5.41, 5.74) is -1.52. The smallest absolute Gasteiger partial charge is 0.391 e. The molecule has 3 aromatic rings. The number of alkyl halides is 3. The number of H-pyrrole nitrogens is 1. The van der Waals surface area contributed by atoms with Crippen LogP contribution in [0.2, 0.25) is 0 Å². The standard InChI is InChI=1S/C21H22F4N4O2/c1-3-29-16(30)9-8-15-19(29)14(10-26-15)18-17(22)20(28-11(2)27-18)31-13-6-4-12(5-7-13)21(23,24)25/h8-10,12-13,26H,3-7H2,1-2H3/i1D3,3D2. The van der Waals surface area contributed by atoms with Gasteiger partial charge in [0.1, 0.15) is 17.6 Å². The van der Waals surface area contributed by atoms with E-state index < -0.39 is 48.8 Å². The number of halogens is 4. The molecular formula is C21H22F4N4O2. The minimum absolute atomic E-state index is 0.0448. The fourth-order valence-corrected chi connectivity index (χ4v) is 3.89. The predicted molar refractivity (Wildman–Crippen MR) is 106 cm³/mol. The van der Waals surface area contributed by atoms with Gasteiger partial charge in [-0.25, -0.2) is 4.98 Å². The Labute approximate surface area is 182 Å². The Hall–Kier alpha value is -2.91. The molecule has 6 nitrogen and oxygen atoms in total. The van der Waals surface area contributed by atoms with E-state index in [1.54, 1.807) is 0 Å².